The highest BCUT2D eigenvalue weighted by Gasteiger charge is 2.53. The molecule has 3 heterocycles. The van der Waals surface area contributed by atoms with Crippen LogP contribution in [-0.4, -0.2) is 118 Å². The molecule has 5 N–H and O–H groups in total. The summed E-state index contributed by atoms with van der Waals surface area (Å²) in [5.74, 6) is -7.90. The van der Waals surface area contributed by atoms with E-state index in [2.05, 4.69) is 5.32 Å². The highest BCUT2D eigenvalue weighted by molar-refractivity contribution is 8.00. The molecule has 3 aliphatic heterocycles. The molecule has 1 amide bonds. The van der Waals surface area contributed by atoms with Gasteiger partial charge >= 0.3 is 17.9 Å². The van der Waals surface area contributed by atoms with Crippen molar-refractivity contribution in [2.75, 3.05) is 20.0 Å². The number of aliphatic hydroxyl groups excluding tert-OH is 2. The van der Waals surface area contributed by atoms with Crippen LogP contribution in [0.15, 0.2) is 47.3 Å². The van der Waals surface area contributed by atoms with E-state index in [0.717, 1.165) is 17.3 Å². The number of carboxylic acids is 1. The van der Waals surface area contributed by atoms with E-state index in [1.807, 2.05) is 53.7 Å². The molecule has 14 atom stereocenters. The summed E-state index contributed by atoms with van der Waals surface area (Å²) in [5.41, 5.74) is 1.69. The van der Waals surface area contributed by atoms with Gasteiger partial charge in [0, 0.05) is 43.0 Å². The van der Waals surface area contributed by atoms with E-state index >= 15 is 0 Å². The highest BCUT2D eigenvalue weighted by atomic mass is 32.2. The van der Waals surface area contributed by atoms with Crippen molar-refractivity contribution in [3.05, 3.63) is 47.3 Å². The van der Waals surface area contributed by atoms with Crippen LogP contribution in [0, 0.1) is 35.5 Å². The van der Waals surface area contributed by atoms with Crippen LogP contribution in [0.1, 0.15) is 81.6 Å². The summed E-state index contributed by atoms with van der Waals surface area (Å²) in [4.78, 5) is 50.9. The van der Waals surface area contributed by atoms with Crippen molar-refractivity contribution in [2.24, 2.45) is 35.5 Å². The van der Waals surface area contributed by atoms with Crippen LogP contribution in [0.3, 0.4) is 0 Å². The molecule has 0 aliphatic carbocycles. The van der Waals surface area contributed by atoms with E-state index in [-0.39, 0.29) is 48.0 Å². The van der Waals surface area contributed by atoms with Crippen molar-refractivity contribution < 1.29 is 63.3 Å². The molecule has 3 aliphatic rings. The Labute approximate surface area is 341 Å². The Bertz CT molecular complexity index is 1540. The van der Waals surface area contributed by atoms with Gasteiger partial charge in [-0.05, 0) is 38.2 Å². The summed E-state index contributed by atoms with van der Waals surface area (Å²) < 4.78 is 29.7. The number of aliphatic hydroxyl groups is 3. The second-order valence-corrected chi connectivity index (χ2v) is 17.7. The number of esters is 2. The van der Waals surface area contributed by atoms with Crippen LogP contribution in [-0.2, 0) is 42.9 Å². The van der Waals surface area contributed by atoms with Crippen molar-refractivity contribution in [3.8, 4) is 0 Å². The molecule has 0 spiro atoms. The largest absolute Gasteiger partial charge is 0.490 e. The topological polar surface area (TPSA) is 207 Å². The van der Waals surface area contributed by atoms with Gasteiger partial charge in [-0.2, -0.15) is 0 Å². The maximum atomic E-state index is 13.7. The summed E-state index contributed by atoms with van der Waals surface area (Å²) in [6.07, 6.45) is 3.53. The van der Waals surface area contributed by atoms with Crippen LogP contribution in [0.25, 0.3) is 0 Å². The third-order valence-electron chi connectivity index (χ3n) is 11.5. The second-order valence-electron chi connectivity index (χ2n) is 16.4. The summed E-state index contributed by atoms with van der Waals surface area (Å²) in [6.45, 7) is 16.6. The molecule has 14 nitrogen and oxygen atoms in total. The minimum atomic E-state index is -2.01. The van der Waals surface area contributed by atoms with Crippen molar-refractivity contribution in [3.63, 3.8) is 0 Å². The zero-order valence-electron chi connectivity index (χ0n) is 35.2. The number of thioether (sulfide) groups is 1. The third-order valence-corrected chi connectivity index (χ3v) is 12.8. The van der Waals surface area contributed by atoms with Crippen LogP contribution in [0.4, 0.5) is 0 Å². The molecule has 2 saturated heterocycles. The van der Waals surface area contributed by atoms with E-state index < -0.39 is 89.4 Å². The summed E-state index contributed by atoms with van der Waals surface area (Å²) in [7, 11) is 2.80. The Morgan fingerprint density at radius 1 is 1.09 bits per heavy atom. The van der Waals surface area contributed by atoms with Gasteiger partial charge in [-0.15, -0.1) is 11.8 Å². The van der Waals surface area contributed by atoms with Crippen LogP contribution >= 0.6 is 11.8 Å². The number of carbonyl (C=O) groups excluding carboxylic acids is 3. The zero-order chi connectivity index (χ0) is 42.9. The van der Waals surface area contributed by atoms with E-state index in [9.17, 15) is 39.6 Å². The molecule has 0 unspecified atom stereocenters. The Morgan fingerprint density at radius 2 is 1.75 bits per heavy atom. The van der Waals surface area contributed by atoms with Gasteiger partial charge in [0.25, 0.3) is 0 Å². The number of hydrogen-bond acceptors (Lipinski definition) is 13. The van der Waals surface area contributed by atoms with Gasteiger partial charge in [-0.1, -0.05) is 83.9 Å². The highest BCUT2D eigenvalue weighted by Crippen LogP contribution is 2.43. The standard InChI is InChI=1S/C42H65NO13S/c1-21(2)37-26(7)32(54-34(44)18-33-39(47)43-29(20-57-33)40(48)49)19-42(51,56-37)28(9)36(46)27(8)38-30(52-10)14-12-13-22(3)15-24(5)35(45)25(6)16-23(4)17-31(53-11)41(50)55-38/h12-14,16-17,21,24-30,32-33,35-38,45-46,51H,15,18-20H2,1-11H3,(H,43,47)(H,48,49)/b14-12+,22-13+,23-16+,31-17-/t24-,25+,26-,27-,28-,29-,30-,32+,33-,35-,36+,37+,38+,42+/m0/s1. The van der Waals surface area contributed by atoms with Crippen LogP contribution < -0.4 is 5.32 Å². The number of cyclic esters (lactones) is 1. The van der Waals surface area contributed by atoms with Gasteiger partial charge < -0.3 is 49.4 Å². The van der Waals surface area contributed by atoms with Gasteiger partial charge in [0.15, 0.2) is 5.79 Å². The lowest BCUT2D eigenvalue weighted by molar-refractivity contribution is -0.329. The Balaban J connectivity index is 1.93. The number of nitrogens with one attached hydrogen (secondary N) is 1. The van der Waals surface area contributed by atoms with Crippen molar-refractivity contribution in [1.82, 2.24) is 5.32 Å². The fourth-order valence-corrected chi connectivity index (χ4v) is 9.04. The molecule has 0 aromatic rings. The molecule has 57 heavy (non-hydrogen) atoms. The first kappa shape index (κ1) is 48.2. The van der Waals surface area contributed by atoms with Crippen LogP contribution in [0.5, 0.6) is 0 Å². The van der Waals surface area contributed by atoms with Crippen molar-refractivity contribution in [2.45, 2.75) is 135 Å². The first-order chi connectivity index (χ1) is 26.6. The smallest absolute Gasteiger partial charge is 0.373 e. The van der Waals surface area contributed by atoms with Crippen molar-refractivity contribution in [1.29, 1.82) is 0 Å². The first-order valence-corrected chi connectivity index (χ1v) is 20.8. The van der Waals surface area contributed by atoms with E-state index in [1.165, 1.54) is 20.3 Å². The molecule has 0 radical (unpaired) electrons. The molecule has 15 heteroatoms. The summed E-state index contributed by atoms with van der Waals surface area (Å²) in [6, 6.07) is -1.04. The number of carboxylic acid groups (broad SMARTS) is 1. The molecule has 0 aromatic carbocycles. The van der Waals surface area contributed by atoms with E-state index in [1.54, 1.807) is 32.9 Å². The van der Waals surface area contributed by atoms with Crippen molar-refractivity contribution >= 4 is 35.6 Å². The molecule has 3 rings (SSSR count). The average Bonchev–Trinajstić information content (AvgIpc) is 3.14. The molecule has 0 bridgehead atoms. The first-order valence-electron chi connectivity index (χ1n) is 19.8. The van der Waals surface area contributed by atoms with Crippen LogP contribution in [0.2, 0.25) is 0 Å². The number of ether oxygens (including phenoxy) is 5. The fourth-order valence-electron chi connectivity index (χ4n) is 7.92. The SMILES string of the molecule is CO/C1=C\C(C)=C\[C@@H](C)[C@@H](O)[C@@H](C)C/C(C)=C/C=C/[C@H](OC)[C@@H]([C@@H](C)[C@@H](O)[C@H](C)[C@@]2(O)C[C@@H](OC(=O)C[C@@H]3SC[C@@H](C(=O)O)NC3=O)[C@H](C)[C@@H](C(C)C)O2)OC1=O. The number of aliphatic carboxylic acids is 1. The number of rotatable bonds is 11. The predicted molar refractivity (Wildman–Crippen MR) is 214 cm³/mol. The third kappa shape index (κ3) is 12.6. The van der Waals surface area contributed by atoms with Gasteiger partial charge in [-0.25, -0.2) is 9.59 Å². The molecule has 0 saturated carbocycles. The molecular weight excluding hydrogens is 759 g/mol. The van der Waals surface area contributed by atoms with Gasteiger partial charge in [0.1, 0.15) is 24.4 Å². The molecule has 322 valence electrons. The molecular formula is C42H65NO13S. The van der Waals surface area contributed by atoms with Gasteiger partial charge in [0.2, 0.25) is 11.7 Å². The Morgan fingerprint density at radius 3 is 2.33 bits per heavy atom. The lowest BCUT2D eigenvalue weighted by Gasteiger charge is -2.50. The number of allylic oxidation sites excluding steroid dienone is 5. The lowest BCUT2D eigenvalue weighted by Crippen LogP contribution is -2.60. The lowest BCUT2D eigenvalue weighted by atomic mass is 9.76. The van der Waals surface area contributed by atoms with E-state index in [4.69, 9.17) is 23.7 Å². The average molecular weight is 824 g/mol. The number of carbonyl (C=O) groups is 4. The van der Waals surface area contributed by atoms with Gasteiger partial charge in [-0.3, -0.25) is 9.59 Å². The second kappa shape index (κ2) is 21.2. The predicted octanol–water partition coefficient (Wildman–Crippen LogP) is 4.32. The number of hydrogen-bond donors (Lipinski definition) is 5. The van der Waals surface area contributed by atoms with E-state index in [0.29, 0.717) is 12.0 Å². The minimum Gasteiger partial charge on any atom is -0.490 e. The monoisotopic (exact) mass is 823 g/mol. The quantitative estimate of drug-likeness (QED) is 0.184. The maximum absolute atomic E-state index is 13.7. The summed E-state index contributed by atoms with van der Waals surface area (Å²) >= 11 is 1.07. The minimum absolute atomic E-state index is 0.0553. The molecule has 2 fully saturated rings. The number of amides is 1. The fraction of sp³-hybridized carbons (Fsp3) is 0.714. The molecule has 0 aromatic heterocycles. The summed E-state index contributed by atoms with van der Waals surface area (Å²) in [5, 5.41) is 46.1. The number of methoxy groups -OCH3 is 2. The van der Waals surface area contributed by atoms with Gasteiger partial charge in [0.05, 0.1) is 37.1 Å². The Hall–Kier alpha value is -3.21. The zero-order valence-corrected chi connectivity index (χ0v) is 36.0. The Kier molecular flexibility index (Phi) is 17.9. The maximum Gasteiger partial charge on any atom is 0.373 e. The normalized spacial score (nSPS) is 38.4.